The smallest absolute Gasteiger partial charge is 0.324 e. The Bertz CT molecular complexity index is 630. The Kier molecular flexibility index (Phi) is 4.50. The van der Waals surface area contributed by atoms with Crippen LogP contribution in [0.4, 0.5) is 24.8 Å². The molecule has 2 aromatic rings. The van der Waals surface area contributed by atoms with Gasteiger partial charge in [-0.05, 0) is 36.5 Å². The molecule has 1 aromatic carbocycles. The summed E-state index contributed by atoms with van der Waals surface area (Å²) < 4.78 is 37.4. The van der Waals surface area contributed by atoms with E-state index in [1.807, 2.05) is 12.1 Å². The fourth-order valence-electron chi connectivity index (χ4n) is 2.94. The van der Waals surface area contributed by atoms with Crippen molar-refractivity contribution in [3.05, 3.63) is 47.8 Å². The molecule has 3 rings (SSSR count). The van der Waals surface area contributed by atoms with Gasteiger partial charge in [0.25, 0.3) is 0 Å². The van der Waals surface area contributed by atoms with E-state index < -0.39 is 11.7 Å². The predicted octanol–water partition coefficient (Wildman–Crippen LogP) is 5.29. The molecule has 23 heavy (non-hydrogen) atoms. The molecular weight excluding hydrogens is 303 g/mol. The monoisotopic (exact) mass is 321 g/mol. The van der Waals surface area contributed by atoms with Gasteiger partial charge < -0.3 is 5.32 Å². The molecule has 0 amide bonds. The van der Waals surface area contributed by atoms with E-state index in [1.165, 1.54) is 37.7 Å². The summed E-state index contributed by atoms with van der Waals surface area (Å²) in [5.74, 6) is 0.781. The number of hydrogen-bond donors (Lipinski definition) is 1. The van der Waals surface area contributed by atoms with Crippen LogP contribution in [0, 0.1) is 0 Å². The highest BCUT2D eigenvalue weighted by atomic mass is 19.4. The van der Waals surface area contributed by atoms with Crippen molar-refractivity contribution in [3.8, 4) is 0 Å². The number of alkyl halides is 3. The lowest BCUT2D eigenvalue weighted by molar-refractivity contribution is -0.138. The standard InChI is InChI=1S/C17H18F3N3/c18-17(19,20)14-10-21-16(22-11-14)23-15-8-6-13(7-9-15)12-4-2-1-3-5-12/h6-12H,1-5H2,(H,21,22,23). The first-order valence-corrected chi connectivity index (χ1v) is 7.78. The number of benzene rings is 1. The number of halogens is 3. The largest absolute Gasteiger partial charge is 0.419 e. The highest BCUT2D eigenvalue weighted by molar-refractivity contribution is 5.53. The van der Waals surface area contributed by atoms with Crippen LogP contribution in [0.3, 0.4) is 0 Å². The van der Waals surface area contributed by atoms with E-state index in [1.54, 1.807) is 0 Å². The van der Waals surface area contributed by atoms with E-state index >= 15 is 0 Å². The van der Waals surface area contributed by atoms with Crippen molar-refractivity contribution in [1.82, 2.24) is 9.97 Å². The molecule has 1 aliphatic rings. The van der Waals surface area contributed by atoms with E-state index in [9.17, 15) is 13.2 Å². The summed E-state index contributed by atoms with van der Waals surface area (Å²) in [6.07, 6.45) is 3.50. The average molecular weight is 321 g/mol. The molecule has 0 aliphatic heterocycles. The molecule has 0 bridgehead atoms. The summed E-state index contributed by atoms with van der Waals surface area (Å²) in [7, 11) is 0. The molecule has 0 radical (unpaired) electrons. The second-order valence-electron chi connectivity index (χ2n) is 5.88. The van der Waals surface area contributed by atoms with E-state index in [0.29, 0.717) is 5.92 Å². The van der Waals surface area contributed by atoms with Crippen molar-refractivity contribution in [2.75, 3.05) is 5.32 Å². The number of nitrogens with one attached hydrogen (secondary N) is 1. The normalized spacial score (nSPS) is 16.3. The minimum absolute atomic E-state index is 0.156. The first kappa shape index (κ1) is 15.8. The van der Waals surface area contributed by atoms with Gasteiger partial charge in [0.05, 0.1) is 5.56 Å². The molecule has 0 unspecified atom stereocenters. The van der Waals surface area contributed by atoms with Crippen LogP contribution in [0.15, 0.2) is 36.7 Å². The van der Waals surface area contributed by atoms with Crippen molar-refractivity contribution in [3.63, 3.8) is 0 Å². The van der Waals surface area contributed by atoms with Crippen LogP contribution in [0.25, 0.3) is 0 Å². The van der Waals surface area contributed by atoms with Crippen molar-refractivity contribution in [1.29, 1.82) is 0 Å². The Labute approximate surface area is 133 Å². The van der Waals surface area contributed by atoms with Gasteiger partial charge in [-0.2, -0.15) is 13.2 Å². The van der Waals surface area contributed by atoms with Crippen molar-refractivity contribution in [2.45, 2.75) is 44.2 Å². The fourth-order valence-corrected chi connectivity index (χ4v) is 2.94. The predicted molar refractivity (Wildman–Crippen MR) is 82.6 cm³/mol. The Morgan fingerprint density at radius 1 is 0.913 bits per heavy atom. The second-order valence-corrected chi connectivity index (χ2v) is 5.88. The zero-order valence-electron chi connectivity index (χ0n) is 12.6. The highest BCUT2D eigenvalue weighted by Gasteiger charge is 2.31. The lowest BCUT2D eigenvalue weighted by Crippen LogP contribution is -2.07. The average Bonchev–Trinajstić information content (AvgIpc) is 2.56. The molecule has 0 atom stereocenters. The van der Waals surface area contributed by atoms with E-state index in [-0.39, 0.29) is 5.95 Å². The molecule has 3 nitrogen and oxygen atoms in total. The van der Waals surface area contributed by atoms with E-state index in [2.05, 4.69) is 27.4 Å². The zero-order valence-corrected chi connectivity index (χ0v) is 12.6. The summed E-state index contributed by atoms with van der Waals surface area (Å²) in [4.78, 5) is 7.42. The van der Waals surface area contributed by atoms with E-state index in [0.717, 1.165) is 18.1 Å². The molecule has 1 aliphatic carbocycles. The van der Waals surface area contributed by atoms with Gasteiger partial charge >= 0.3 is 6.18 Å². The molecule has 6 heteroatoms. The lowest BCUT2D eigenvalue weighted by atomic mass is 9.84. The van der Waals surface area contributed by atoms with Gasteiger partial charge in [-0.25, -0.2) is 9.97 Å². The van der Waals surface area contributed by atoms with Gasteiger partial charge in [0, 0.05) is 18.1 Å². The number of aromatic nitrogens is 2. The van der Waals surface area contributed by atoms with Gasteiger partial charge in [0.15, 0.2) is 0 Å². The Morgan fingerprint density at radius 2 is 1.52 bits per heavy atom. The maximum Gasteiger partial charge on any atom is 0.419 e. The first-order valence-electron chi connectivity index (χ1n) is 7.78. The molecule has 1 fully saturated rings. The number of nitrogens with zero attached hydrogens (tertiary/aromatic N) is 2. The summed E-state index contributed by atoms with van der Waals surface area (Å²) >= 11 is 0. The van der Waals surface area contributed by atoms with Crippen LogP contribution in [-0.2, 0) is 6.18 Å². The zero-order chi connectivity index (χ0) is 16.3. The van der Waals surface area contributed by atoms with Gasteiger partial charge in [-0.3, -0.25) is 0 Å². The number of anilines is 2. The van der Waals surface area contributed by atoms with Gasteiger partial charge in [0.1, 0.15) is 0 Å². The highest BCUT2D eigenvalue weighted by Crippen LogP contribution is 2.33. The maximum absolute atomic E-state index is 12.5. The minimum atomic E-state index is -4.42. The Balaban J connectivity index is 1.66. The molecule has 1 aromatic heterocycles. The van der Waals surface area contributed by atoms with Crippen molar-refractivity contribution in [2.24, 2.45) is 0 Å². The van der Waals surface area contributed by atoms with Gasteiger partial charge in [-0.1, -0.05) is 31.4 Å². The Morgan fingerprint density at radius 3 is 2.09 bits per heavy atom. The van der Waals surface area contributed by atoms with Gasteiger partial charge in [0.2, 0.25) is 5.95 Å². The second kappa shape index (κ2) is 6.56. The van der Waals surface area contributed by atoms with Crippen LogP contribution in [-0.4, -0.2) is 9.97 Å². The van der Waals surface area contributed by atoms with Crippen LogP contribution in [0.2, 0.25) is 0 Å². The topological polar surface area (TPSA) is 37.8 Å². The SMILES string of the molecule is FC(F)(F)c1cnc(Nc2ccc(C3CCCCC3)cc2)nc1. The minimum Gasteiger partial charge on any atom is -0.324 e. The van der Waals surface area contributed by atoms with Crippen LogP contribution < -0.4 is 5.32 Å². The number of hydrogen-bond acceptors (Lipinski definition) is 3. The summed E-state index contributed by atoms with van der Waals surface area (Å²) in [6.45, 7) is 0. The maximum atomic E-state index is 12.5. The molecular formula is C17H18F3N3. The summed E-state index contributed by atoms with van der Waals surface area (Å²) in [5.41, 5.74) is 1.24. The Hall–Kier alpha value is -2.11. The van der Waals surface area contributed by atoms with Crippen molar-refractivity contribution < 1.29 is 13.2 Å². The summed E-state index contributed by atoms with van der Waals surface area (Å²) in [5, 5.41) is 2.92. The van der Waals surface area contributed by atoms with Crippen LogP contribution >= 0.6 is 0 Å². The molecule has 0 spiro atoms. The third-order valence-corrected chi connectivity index (χ3v) is 4.22. The summed E-state index contributed by atoms with van der Waals surface area (Å²) in [6, 6.07) is 7.99. The fraction of sp³-hybridized carbons (Fsp3) is 0.412. The van der Waals surface area contributed by atoms with Crippen LogP contribution in [0.1, 0.15) is 49.1 Å². The van der Waals surface area contributed by atoms with Crippen LogP contribution in [0.5, 0.6) is 0 Å². The third kappa shape index (κ3) is 4.00. The third-order valence-electron chi connectivity index (χ3n) is 4.22. The molecule has 1 heterocycles. The molecule has 1 N–H and O–H groups in total. The lowest BCUT2D eigenvalue weighted by Gasteiger charge is -2.22. The van der Waals surface area contributed by atoms with Gasteiger partial charge in [-0.15, -0.1) is 0 Å². The first-order chi connectivity index (χ1) is 11.0. The molecule has 1 saturated carbocycles. The van der Waals surface area contributed by atoms with Crippen molar-refractivity contribution >= 4 is 11.6 Å². The number of rotatable bonds is 3. The van der Waals surface area contributed by atoms with E-state index in [4.69, 9.17) is 0 Å². The molecule has 0 saturated heterocycles. The molecule has 122 valence electrons. The quantitative estimate of drug-likeness (QED) is 0.835.